The molecular weight excluding hydrogens is 350 g/mol. The smallest absolute Gasteiger partial charge is 0.308 e. The summed E-state index contributed by atoms with van der Waals surface area (Å²) in [7, 11) is 0. The van der Waals surface area contributed by atoms with Gasteiger partial charge in [-0.3, -0.25) is 14.9 Å². The first-order valence-electron chi connectivity index (χ1n) is 6.45. The minimum Gasteiger partial charge on any atom is -0.352 e. The Morgan fingerprint density at radius 2 is 1.90 bits per heavy atom. The molecule has 0 bridgehead atoms. The molecule has 0 aliphatic carbocycles. The van der Waals surface area contributed by atoms with Gasteiger partial charge in [0.1, 0.15) is 5.82 Å². The van der Waals surface area contributed by atoms with Crippen molar-refractivity contribution in [3.63, 3.8) is 0 Å². The number of halogens is 3. The summed E-state index contributed by atoms with van der Waals surface area (Å²) in [6.45, 7) is 0.310. The first-order valence-corrected chi connectivity index (χ1v) is 7.57. The number of hydrogen-bond acceptors (Lipinski definition) is 3. The van der Waals surface area contributed by atoms with Crippen molar-refractivity contribution in [2.75, 3.05) is 11.9 Å². The highest BCUT2D eigenvalue weighted by Crippen LogP contribution is 2.22. The summed E-state index contributed by atoms with van der Waals surface area (Å²) >= 11 is 3.30. The fourth-order valence-electron chi connectivity index (χ4n) is 1.74. The maximum atomic E-state index is 13.8. The molecule has 0 aliphatic rings. The van der Waals surface area contributed by atoms with Crippen LogP contribution < -0.4 is 5.32 Å². The van der Waals surface area contributed by atoms with Gasteiger partial charge in [0, 0.05) is 11.9 Å². The molecule has 1 N–H and O–H groups in total. The summed E-state index contributed by atoms with van der Waals surface area (Å²) < 4.78 is 27.0. The van der Waals surface area contributed by atoms with E-state index in [2.05, 4.69) is 21.2 Å². The maximum absolute atomic E-state index is 13.8. The lowest BCUT2D eigenvalue weighted by molar-refractivity contribution is -0.387. The first kappa shape index (κ1) is 17.5. The Morgan fingerprint density at radius 3 is 2.52 bits per heavy atom. The van der Waals surface area contributed by atoms with E-state index in [1.165, 1.54) is 0 Å². The molecule has 0 aliphatic heterocycles. The number of rotatable bonds is 8. The number of nitro benzene ring substituents is 1. The van der Waals surface area contributed by atoms with Gasteiger partial charge < -0.3 is 5.32 Å². The topological polar surface area (TPSA) is 72.2 Å². The fourth-order valence-corrected chi connectivity index (χ4v) is 2.14. The molecule has 0 fully saturated rings. The third-order valence-corrected chi connectivity index (χ3v) is 3.37. The molecule has 1 aromatic rings. The predicted molar refractivity (Wildman–Crippen MR) is 77.6 cm³/mol. The van der Waals surface area contributed by atoms with Crippen LogP contribution in [0.1, 0.15) is 36.0 Å². The first-order chi connectivity index (χ1) is 9.97. The van der Waals surface area contributed by atoms with Crippen molar-refractivity contribution >= 4 is 27.5 Å². The molecular formula is C13H15BrF2N2O3. The monoisotopic (exact) mass is 364 g/mol. The highest BCUT2D eigenvalue weighted by molar-refractivity contribution is 9.09. The second kappa shape index (κ2) is 8.66. The van der Waals surface area contributed by atoms with E-state index in [0.29, 0.717) is 25.1 Å². The zero-order valence-electron chi connectivity index (χ0n) is 11.2. The van der Waals surface area contributed by atoms with Crippen LogP contribution in [0.3, 0.4) is 0 Å². The lowest BCUT2D eigenvalue weighted by Crippen LogP contribution is -2.25. The molecule has 1 rings (SSSR count). The quantitative estimate of drug-likeness (QED) is 0.331. The number of amides is 1. The average molecular weight is 365 g/mol. The molecule has 0 radical (unpaired) electrons. The van der Waals surface area contributed by atoms with Crippen LogP contribution in [0.25, 0.3) is 0 Å². The van der Waals surface area contributed by atoms with Gasteiger partial charge in [-0.15, -0.1) is 0 Å². The van der Waals surface area contributed by atoms with Gasteiger partial charge in [0.2, 0.25) is 5.82 Å². The van der Waals surface area contributed by atoms with Gasteiger partial charge in [-0.05, 0) is 18.9 Å². The van der Waals surface area contributed by atoms with Crippen molar-refractivity contribution in [3.05, 3.63) is 39.4 Å². The van der Waals surface area contributed by atoms with Crippen LogP contribution in [0.4, 0.5) is 14.5 Å². The Balaban J connectivity index is 2.64. The molecule has 8 heteroatoms. The Hall–Kier alpha value is -1.57. The van der Waals surface area contributed by atoms with E-state index in [1.54, 1.807) is 0 Å². The van der Waals surface area contributed by atoms with Gasteiger partial charge in [-0.1, -0.05) is 28.8 Å². The molecule has 5 nitrogen and oxygen atoms in total. The predicted octanol–water partition coefficient (Wildman–Crippen LogP) is 3.56. The Bertz CT molecular complexity index is 526. The van der Waals surface area contributed by atoms with Gasteiger partial charge in [-0.25, -0.2) is 4.39 Å². The molecule has 1 amide bonds. The van der Waals surface area contributed by atoms with E-state index < -0.39 is 33.7 Å². The minimum atomic E-state index is -1.32. The van der Waals surface area contributed by atoms with Gasteiger partial charge in [-0.2, -0.15) is 4.39 Å². The second-order valence-electron chi connectivity index (χ2n) is 4.40. The molecule has 0 atom stereocenters. The Kier molecular flexibility index (Phi) is 7.21. The molecule has 0 heterocycles. The van der Waals surface area contributed by atoms with Crippen LogP contribution in [-0.4, -0.2) is 22.7 Å². The Labute approximate surface area is 129 Å². The Morgan fingerprint density at radius 1 is 1.24 bits per heavy atom. The number of nitrogens with zero attached hydrogens (tertiary/aromatic N) is 1. The lowest BCUT2D eigenvalue weighted by atomic mass is 10.1. The zero-order chi connectivity index (χ0) is 15.8. The lowest BCUT2D eigenvalue weighted by Gasteiger charge is -2.06. The highest BCUT2D eigenvalue weighted by atomic mass is 79.9. The molecule has 116 valence electrons. The molecule has 21 heavy (non-hydrogen) atoms. The van der Waals surface area contributed by atoms with Crippen molar-refractivity contribution in [1.82, 2.24) is 5.32 Å². The molecule has 0 spiro atoms. The van der Waals surface area contributed by atoms with E-state index in [0.717, 1.165) is 24.6 Å². The zero-order valence-corrected chi connectivity index (χ0v) is 12.8. The third kappa shape index (κ3) is 5.37. The van der Waals surface area contributed by atoms with Gasteiger partial charge in [0.05, 0.1) is 16.6 Å². The summed E-state index contributed by atoms with van der Waals surface area (Å²) in [6.07, 6.45) is 3.63. The van der Waals surface area contributed by atoms with Crippen LogP contribution in [0, 0.1) is 21.7 Å². The number of carbonyl (C=O) groups excluding carboxylic acids is 1. The summed E-state index contributed by atoms with van der Waals surface area (Å²) in [5.74, 6) is -3.20. The van der Waals surface area contributed by atoms with E-state index in [9.17, 15) is 23.7 Å². The highest BCUT2D eigenvalue weighted by Gasteiger charge is 2.23. The number of unbranched alkanes of at least 4 members (excludes halogenated alkanes) is 3. The molecule has 0 aromatic heterocycles. The van der Waals surface area contributed by atoms with Gasteiger partial charge >= 0.3 is 5.69 Å². The third-order valence-electron chi connectivity index (χ3n) is 2.81. The van der Waals surface area contributed by atoms with E-state index in [4.69, 9.17) is 0 Å². The van der Waals surface area contributed by atoms with E-state index in [1.807, 2.05) is 0 Å². The summed E-state index contributed by atoms with van der Waals surface area (Å²) in [5.41, 5.74) is -1.69. The largest absolute Gasteiger partial charge is 0.352 e. The molecule has 0 saturated heterocycles. The second-order valence-corrected chi connectivity index (χ2v) is 5.20. The number of alkyl halides is 1. The van der Waals surface area contributed by atoms with Crippen molar-refractivity contribution in [2.45, 2.75) is 25.7 Å². The van der Waals surface area contributed by atoms with Crippen molar-refractivity contribution in [3.8, 4) is 0 Å². The van der Waals surface area contributed by atoms with Crippen LogP contribution >= 0.6 is 15.9 Å². The maximum Gasteiger partial charge on any atom is 0.308 e. The SMILES string of the molecule is O=C(NCCCCCCBr)c1cc(F)cc([N+](=O)[O-])c1F. The number of carbonyl (C=O) groups is 1. The molecule has 1 aromatic carbocycles. The van der Waals surface area contributed by atoms with Crippen molar-refractivity contribution in [2.24, 2.45) is 0 Å². The van der Waals surface area contributed by atoms with Gasteiger partial charge in [0.25, 0.3) is 5.91 Å². The van der Waals surface area contributed by atoms with Crippen molar-refractivity contribution < 1.29 is 18.5 Å². The molecule has 0 unspecified atom stereocenters. The normalized spacial score (nSPS) is 10.4. The number of hydrogen-bond donors (Lipinski definition) is 1. The number of nitro groups is 1. The van der Waals surface area contributed by atoms with Crippen LogP contribution in [0.5, 0.6) is 0 Å². The molecule has 0 saturated carbocycles. The van der Waals surface area contributed by atoms with E-state index >= 15 is 0 Å². The van der Waals surface area contributed by atoms with Crippen LogP contribution in [-0.2, 0) is 0 Å². The number of nitrogens with one attached hydrogen (secondary N) is 1. The number of benzene rings is 1. The average Bonchev–Trinajstić information content (AvgIpc) is 2.44. The standard InChI is InChI=1S/C13H15BrF2N2O3/c14-5-3-1-2-4-6-17-13(19)10-7-9(15)8-11(12(10)16)18(20)21/h7-8H,1-6H2,(H,17,19). The summed E-state index contributed by atoms with van der Waals surface area (Å²) in [5, 5.41) is 13.9. The van der Waals surface area contributed by atoms with Crippen LogP contribution in [0.15, 0.2) is 12.1 Å². The van der Waals surface area contributed by atoms with Crippen molar-refractivity contribution in [1.29, 1.82) is 0 Å². The summed E-state index contributed by atoms with van der Waals surface area (Å²) in [4.78, 5) is 21.2. The van der Waals surface area contributed by atoms with Crippen LogP contribution in [0.2, 0.25) is 0 Å². The fraction of sp³-hybridized carbons (Fsp3) is 0.462. The minimum absolute atomic E-state index is 0.310. The summed E-state index contributed by atoms with van der Waals surface area (Å²) in [6, 6.07) is 1.11. The van der Waals surface area contributed by atoms with Gasteiger partial charge in [0.15, 0.2) is 0 Å². The van der Waals surface area contributed by atoms with E-state index in [-0.39, 0.29) is 0 Å².